The zero-order valence-electron chi connectivity index (χ0n) is 10.1. The lowest BCUT2D eigenvalue weighted by molar-refractivity contribution is 0.553. The molecule has 0 radical (unpaired) electrons. The second-order valence-corrected chi connectivity index (χ2v) is 4.34. The molecule has 19 heavy (non-hydrogen) atoms. The van der Waals surface area contributed by atoms with E-state index in [1.807, 2.05) is 24.3 Å². The van der Waals surface area contributed by atoms with E-state index in [4.69, 9.17) is 10.3 Å². The summed E-state index contributed by atoms with van der Waals surface area (Å²) in [5.41, 5.74) is 4.57. The minimum atomic E-state index is -0.234. The minimum absolute atomic E-state index is 0.232. The first-order chi connectivity index (χ1) is 9.31. The standard InChI is InChI=1S/C15H13FN2O/c16-14-6-5-13(11-3-1-2-4-12(11)14)15(18-17)10-7-8-19-9-10/h1-9,15,18H,17H2. The first kappa shape index (κ1) is 11.9. The number of fused-ring (bicyclic) bond motifs is 1. The Balaban J connectivity index is 2.22. The molecule has 1 unspecified atom stereocenters. The first-order valence-corrected chi connectivity index (χ1v) is 5.96. The van der Waals surface area contributed by atoms with Crippen molar-refractivity contribution in [3.8, 4) is 0 Å². The number of rotatable bonds is 3. The summed E-state index contributed by atoms with van der Waals surface area (Å²) in [6.07, 6.45) is 3.22. The summed E-state index contributed by atoms with van der Waals surface area (Å²) in [5.74, 6) is 5.41. The van der Waals surface area contributed by atoms with E-state index in [2.05, 4.69) is 5.43 Å². The zero-order chi connectivity index (χ0) is 13.2. The maximum Gasteiger partial charge on any atom is 0.131 e. The van der Waals surface area contributed by atoms with Gasteiger partial charge in [0.1, 0.15) is 5.82 Å². The van der Waals surface area contributed by atoms with Crippen LogP contribution in [0.15, 0.2) is 59.4 Å². The molecule has 4 heteroatoms. The van der Waals surface area contributed by atoms with Crippen LogP contribution < -0.4 is 11.3 Å². The van der Waals surface area contributed by atoms with Crippen LogP contribution in [0.2, 0.25) is 0 Å². The highest BCUT2D eigenvalue weighted by atomic mass is 19.1. The van der Waals surface area contributed by atoms with Gasteiger partial charge >= 0.3 is 0 Å². The number of hydrazine groups is 1. The molecule has 3 nitrogen and oxygen atoms in total. The molecule has 1 aromatic heterocycles. The predicted molar refractivity (Wildman–Crippen MR) is 71.8 cm³/mol. The summed E-state index contributed by atoms with van der Waals surface area (Å²) < 4.78 is 18.9. The van der Waals surface area contributed by atoms with Crippen LogP contribution in [0.3, 0.4) is 0 Å². The molecule has 1 heterocycles. The molecule has 0 saturated carbocycles. The van der Waals surface area contributed by atoms with Gasteiger partial charge in [0.15, 0.2) is 0 Å². The summed E-state index contributed by atoms with van der Waals surface area (Å²) in [6, 6.07) is 12.2. The van der Waals surface area contributed by atoms with E-state index in [0.717, 1.165) is 16.5 Å². The van der Waals surface area contributed by atoms with Crippen LogP contribution in [0.1, 0.15) is 17.2 Å². The monoisotopic (exact) mass is 256 g/mol. The van der Waals surface area contributed by atoms with Crippen molar-refractivity contribution in [1.82, 2.24) is 5.43 Å². The van der Waals surface area contributed by atoms with Crippen molar-refractivity contribution in [2.75, 3.05) is 0 Å². The van der Waals surface area contributed by atoms with Crippen LogP contribution in [-0.4, -0.2) is 0 Å². The molecule has 2 aromatic carbocycles. The highest BCUT2D eigenvalue weighted by molar-refractivity contribution is 5.87. The third kappa shape index (κ3) is 2.01. The average molecular weight is 256 g/mol. The number of halogens is 1. The third-order valence-electron chi connectivity index (χ3n) is 3.26. The van der Waals surface area contributed by atoms with E-state index in [9.17, 15) is 4.39 Å². The summed E-state index contributed by atoms with van der Waals surface area (Å²) in [6.45, 7) is 0. The summed E-state index contributed by atoms with van der Waals surface area (Å²) in [5, 5.41) is 1.43. The second-order valence-electron chi connectivity index (χ2n) is 4.34. The molecule has 0 aliphatic rings. The van der Waals surface area contributed by atoms with E-state index in [-0.39, 0.29) is 11.9 Å². The number of nitrogens with two attached hydrogens (primary N) is 1. The molecule has 0 spiro atoms. The second kappa shape index (κ2) is 4.84. The Morgan fingerprint density at radius 3 is 2.53 bits per heavy atom. The SMILES string of the molecule is NNC(c1ccoc1)c1ccc(F)c2ccccc12. The van der Waals surface area contributed by atoms with Gasteiger partial charge in [0.25, 0.3) is 0 Å². The molecule has 0 fully saturated rings. The van der Waals surface area contributed by atoms with Gasteiger partial charge in [0, 0.05) is 10.9 Å². The van der Waals surface area contributed by atoms with E-state index in [0.29, 0.717) is 5.39 Å². The van der Waals surface area contributed by atoms with Crippen molar-refractivity contribution in [3.63, 3.8) is 0 Å². The molecule has 1 atom stereocenters. The summed E-state index contributed by atoms with van der Waals surface area (Å²) in [4.78, 5) is 0. The Hall–Kier alpha value is -2.17. The fourth-order valence-corrected chi connectivity index (χ4v) is 2.34. The normalized spacial score (nSPS) is 12.7. The largest absolute Gasteiger partial charge is 0.472 e. The van der Waals surface area contributed by atoms with Crippen LogP contribution in [0, 0.1) is 5.82 Å². The van der Waals surface area contributed by atoms with Gasteiger partial charge in [-0.2, -0.15) is 0 Å². The Labute approximate surface area is 109 Å². The first-order valence-electron chi connectivity index (χ1n) is 5.96. The molecule has 0 amide bonds. The lowest BCUT2D eigenvalue weighted by Crippen LogP contribution is -2.28. The average Bonchev–Trinajstić information content (AvgIpc) is 2.96. The van der Waals surface area contributed by atoms with Crippen molar-refractivity contribution in [3.05, 3.63) is 71.9 Å². The lowest BCUT2D eigenvalue weighted by atomic mass is 9.95. The Morgan fingerprint density at radius 2 is 1.84 bits per heavy atom. The topological polar surface area (TPSA) is 51.2 Å². The Bertz CT molecular complexity index is 694. The fraction of sp³-hybridized carbons (Fsp3) is 0.0667. The molecular formula is C15H13FN2O. The molecule has 0 bridgehead atoms. The molecule has 0 saturated heterocycles. The fourth-order valence-electron chi connectivity index (χ4n) is 2.34. The van der Waals surface area contributed by atoms with Crippen molar-refractivity contribution >= 4 is 10.8 Å². The minimum Gasteiger partial charge on any atom is -0.472 e. The van der Waals surface area contributed by atoms with Crippen LogP contribution in [0.5, 0.6) is 0 Å². The number of furan rings is 1. The van der Waals surface area contributed by atoms with E-state index < -0.39 is 0 Å². The molecule has 3 aromatic rings. The molecule has 0 aliphatic carbocycles. The Kier molecular flexibility index (Phi) is 3.03. The quantitative estimate of drug-likeness (QED) is 0.559. The molecule has 96 valence electrons. The van der Waals surface area contributed by atoms with Gasteiger partial charge in [-0.25, -0.2) is 9.82 Å². The van der Waals surface area contributed by atoms with Gasteiger partial charge in [0.05, 0.1) is 18.6 Å². The van der Waals surface area contributed by atoms with Crippen molar-refractivity contribution in [2.45, 2.75) is 6.04 Å². The maximum absolute atomic E-state index is 13.8. The van der Waals surface area contributed by atoms with Gasteiger partial charge < -0.3 is 4.42 Å². The molecular weight excluding hydrogens is 243 g/mol. The van der Waals surface area contributed by atoms with Crippen LogP contribution in [0.25, 0.3) is 10.8 Å². The van der Waals surface area contributed by atoms with Gasteiger partial charge in [-0.15, -0.1) is 0 Å². The number of hydrogen-bond acceptors (Lipinski definition) is 3. The van der Waals surface area contributed by atoms with Gasteiger partial charge in [0.2, 0.25) is 0 Å². The Morgan fingerprint density at radius 1 is 1.05 bits per heavy atom. The molecule has 0 aliphatic heterocycles. The van der Waals surface area contributed by atoms with Crippen molar-refractivity contribution < 1.29 is 8.81 Å². The summed E-state index contributed by atoms with van der Waals surface area (Å²) in [7, 11) is 0. The van der Waals surface area contributed by atoms with Crippen LogP contribution in [-0.2, 0) is 0 Å². The number of hydrogen-bond donors (Lipinski definition) is 2. The van der Waals surface area contributed by atoms with E-state index in [1.165, 1.54) is 6.07 Å². The molecule has 3 rings (SSSR count). The highest BCUT2D eigenvalue weighted by Gasteiger charge is 2.17. The van der Waals surface area contributed by atoms with Gasteiger partial charge in [-0.05, 0) is 23.1 Å². The highest BCUT2D eigenvalue weighted by Crippen LogP contribution is 2.30. The smallest absolute Gasteiger partial charge is 0.131 e. The van der Waals surface area contributed by atoms with Gasteiger partial charge in [-0.3, -0.25) is 5.84 Å². The number of benzene rings is 2. The molecule has 3 N–H and O–H groups in total. The van der Waals surface area contributed by atoms with Crippen molar-refractivity contribution in [2.24, 2.45) is 5.84 Å². The zero-order valence-corrected chi connectivity index (χ0v) is 10.1. The van der Waals surface area contributed by atoms with Crippen LogP contribution in [0.4, 0.5) is 4.39 Å². The predicted octanol–water partition coefficient (Wildman–Crippen LogP) is 3.12. The van der Waals surface area contributed by atoms with Crippen LogP contribution >= 0.6 is 0 Å². The lowest BCUT2D eigenvalue weighted by Gasteiger charge is -2.17. The number of nitrogens with one attached hydrogen (secondary N) is 1. The maximum atomic E-state index is 13.8. The van der Waals surface area contributed by atoms with Gasteiger partial charge in [-0.1, -0.05) is 30.3 Å². The van der Waals surface area contributed by atoms with E-state index >= 15 is 0 Å². The summed E-state index contributed by atoms with van der Waals surface area (Å²) >= 11 is 0. The van der Waals surface area contributed by atoms with E-state index in [1.54, 1.807) is 24.7 Å². The third-order valence-corrected chi connectivity index (χ3v) is 3.26. The van der Waals surface area contributed by atoms with Crippen molar-refractivity contribution in [1.29, 1.82) is 0 Å².